The fraction of sp³-hybridized carbons (Fsp3) is 0.167. The molecule has 0 aliphatic heterocycles. The maximum atomic E-state index is 12.6. The first-order valence-corrected chi connectivity index (χ1v) is 9.46. The Balaban J connectivity index is 1.64. The summed E-state index contributed by atoms with van der Waals surface area (Å²) >= 11 is 0. The van der Waals surface area contributed by atoms with E-state index in [1.54, 1.807) is 19.2 Å². The van der Waals surface area contributed by atoms with Crippen LogP contribution in [-0.4, -0.2) is 18.9 Å². The van der Waals surface area contributed by atoms with E-state index in [0.717, 1.165) is 16.9 Å². The molecule has 0 saturated carbocycles. The number of nitrogens with one attached hydrogen (secondary N) is 2. The summed E-state index contributed by atoms with van der Waals surface area (Å²) in [5, 5.41) is 5.90. The van der Waals surface area contributed by atoms with Crippen molar-refractivity contribution in [2.75, 3.05) is 7.11 Å². The summed E-state index contributed by atoms with van der Waals surface area (Å²) in [5.41, 5.74) is 2.42. The molecular formula is C24H24N2O3. The van der Waals surface area contributed by atoms with Gasteiger partial charge in [0.1, 0.15) is 5.75 Å². The predicted molar refractivity (Wildman–Crippen MR) is 113 cm³/mol. The van der Waals surface area contributed by atoms with E-state index in [4.69, 9.17) is 4.74 Å². The quantitative estimate of drug-likeness (QED) is 0.616. The molecule has 0 aliphatic carbocycles. The van der Waals surface area contributed by atoms with Crippen molar-refractivity contribution in [2.24, 2.45) is 0 Å². The summed E-state index contributed by atoms with van der Waals surface area (Å²) in [6, 6.07) is 25.6. The van der Waals surface area contributed by atoms with E-state index in [0.29, 0.717) is 12.1 Å². The lowest BCUT2D eigenvalue weighted by Gasteiger charge is -2.19. The van der Waals surface area contributed by atoms with Crippen LogP contribution in [0.4, 0.5) is 0 Å². The Hall–Kier alpha value is -3.60. The largest absolute Gasteiger partial charge is 0.497 e. The van der Waals surface area contributed by atoms with Gasteiger partial charge in [0.25, 0.3) is 5.91 Å². The zero-order chi connectivity index (χ0) is 20.5. The first-order chi connectivity index (χ1) is 14.2. The van der Waals surface area contributed by atoms with Crippen molar-refractivity contribution in [2.45, 2.75) is 19.0 Å². The van der Waals surface area contributed by atoms with Crippen LogP contribution < -0.4 is 15.4 Å². The number of benzene rings is 3. The van der Waals surface area contributed by atoms with Gasteiger partial charge in [0.15, 0.2) is 0 Å². The fourth-order valence-electron chi connectivity index (χ4n) is 2.97. The smallest absolute Gasteiger partial charge is 0.251 e. The number of methoxy groups -OCH3 is 1. The topological polar surface area (TPSA) is 67.4 Å². The fourth-order valence-corrected chi connectivity index (χ4v) is 2.97. The van der Waals surface area contributed by atoms with E-state index < -0.39 is 6.04 Å². The number of rotatable bonds is 8. The lowest BCUT2D eigenvalue weighted by Crippen LogP contribution is -2.33. The van der Waals surface area contributed by atoms with Gasteiger partial charge in [-0.15, -0.1) is 0 Å². The molecule has 5 nitrogen and oxygen atoms in total. The molecule has 0 heterocycles. The molecule has 1 atom stereocenters. The highest BCUT2D eigenvalue weighted by atomic mass is 16.5. The summed E-state index contributed by atoms with van der Waals surface area (Å²) in [6.45, 7) is 0.414. The average molecular weight is 388 g/mol. The molecule has 1 unspecified atom stereocenters. The van der Waals surface area contributed by atoms with Gasteiger partial charge in [-0.05, 0) is 35.4 Å². The van der Waals surface area contributed by atoms with Gasteiger partial charge in [0.05, 0.1) is 19.6 Å². The van der Waals surface area contributed by atoms with E-state index in [1.165, 1.54) is 0 Å². The number of hydrogen-bond acceptors (Lipinski definition) is 3. The molecule has 148 valence electrons. The predicted octanol–water partition coefficient (Wildman–Crippen LogP) is 3.87. The first kappa shape index (κ1) is 20.1. The van der Waals surface area contributed by atoms with Crippen molar-refractivity contribution in [3.05, 3.63) is 102 Å². The zero-order valence-electron chi connectivity index (χ0n) is 16.3. The number of ether oxygens (including phenoxy) is 1. The van der Waals surface area contributed by atoms with Crippen molar-refractivity contribution >= 4 is 11.8 Å². The summed E-state index contributed by atoms with van der Waals surface area (Å²) in [5.74, 6) is 0.429. The Kier molecular flexibility index (Phi) is 7.00. The van der Waals surface area contributed by atoms with Crippen molar-refractivity contribution in [1.82, 2.24) is 10.6 Å². The molecule has 0 saturated heterocycles. The van der Waals surface area contributed by atoms with Crippen LogP contribution in [0.3, 0.4) is 0 Å². The van der Waals surface area contributed by atoms with E-state index in [2.05, 4.69) is 10.6 Å². The maximum absolute atomic E-state index is 12.6. The highest BCUT2D eigenvalue weighted by Gasteiger charge is 2.19. The Bertz CT molecular complexity index is 925. The molecule has 0 aromatic heterocycles. The van der Waals surface area contributed by atoms with E-state index in [1.807, 2.05) is 72.8 Å². The lowest BCUT2D eigenvalue weighted by molar-refractivity contribution is -0.121. The minimum Gasteiger partial charge on any atom is -0.497 e. The molecule has 29 heavy (non-hydrogen) atoms. The Morgan fingerprint density at radius 2 is 1.48 bits per heavy atom. The molecule has 2 N–H and O–H groups in total. The molecule has 0 fully saturated rings. The number of amides is 2. The van der Waals surface area contributed by atoms with Gasteiger partial charge in [-0.25, -0.2) is 0 Å². The number of carbonyl (C=O) groups excluding carboxylic acids is 2. The van der Waals surface area contributed by atoms with Gasteiger partial charge >= 0.3 is 0 Å². The summed E-state index contributed by atoms with van der Waals surface area (Å²) in [6.07, 6.45) is 0.152. The lowest BCUT2D eigenvalue weighted by atomic mass is 10.0. The van der Waals surface area contributed by atoms with E-state index >= 15 is 0 Å². The Labute approximate surface area is 170 Å². The SMILES string of the molecule is COc1ccc(CNC(=O)CC(NC(=O)c2ccccc2)c2ccccc2)cc1. The summed E-state index contributed by atoms with van der Waals surface area (Å²) in [7, 11) is 1.62. The number of carbonyl (C=O) groups is 2. The molecule has 5 heteroatoms. The van der Waals surface area contributed by atoms with Gasteiger partial charge in [-0.2, -0.15) is 0 Å². The standard InChI is InChI=1S/C24H24N2O3/c1-29-21-14-12-18(13-15-21)17-25-23(27)16-22(19-8-4-2-5-9-19)26-24(28)20-10-6-3-7-11-20/h2-15,22H,16-17H2,1H3,(H,25,27)(H,26,28). The third-order valence-electron chi connectivity index (χ3n) is 4.58. The van der Waals surface area contributed by atoms with Gasteiger partial charge in [0.2, 0.25) is 5.91 Å². The molecule has 3 aromatic carbocycles. The third kappa shape index (κ3) is 5.94. The van der Waals surface area contributed by atoms with Crippen molar-refractivity contribution in [1.29, 1.82) is 0 Å². The van der Waals surface area contributed by atoms with Crippen molar-refractivity contribution in [3.8, 4) is 5.75 Å². The molecule has 2 amide bonds. The average Bonchev–Trinajstić information content (AvgIpc) is 2.78. The van der Waals surface area contributed by atoms with Gasteiger partial charge in [-0.3, -0.25) is 9.59 Å². The van der Waals surface area contributed by atoms with E-state index in [9.17, 15) is 9.59 Å². The highest BCUT2D eigenvalue weighted by molar-refractivity contribution is 5.94. The van der Waals surface area contributed by atoms with Gasteiger partial charge in [-0.1, -0.05) is 60.7 Å². The van der Waals surface area contributed by atoms with Crippen molar-refractivity contribution in [3.63, 3.8) is 0 Å². The van der Waals surface area contributed by atoms with Crippen molar-refractivity contribution < 1.29 is 14.3 Å². The molecule has 3 aromatic rings. The second-order valence-corrected chi connectivity index (χ2v) is 6.63. The highest BCUT2D eigenvalue weighted by Crippen LogP contribution is 2.18. The van der Waals surface area contributed by atoms with Gasteiger partial charge in [0, 0.05) is 12.1 Å². The summed E-state index contributed by atoms with van der Waals surface area (Å²) in [4.78, 5) is 25.1. The summed E-state index contributed by atoms with van der Waals surface area (Å²) < 4.78 is 5.14. The normalized spacial score (nSPS) is 11.3. The Morgan fingerprint density at radius 3 is 2.10 bits per heavy atom. The van der Waals surface area contributed by atoms with Crippen LogP contribution in [-0.2, 0) is 11.3 Å². The van der Waals surface area contributed by atoms with Crippen LogP contribution in [0.15, 0.2) is 84.9 Å². The minimum atomic E-state index is -0.417. The molecule has 3 rings (SSSR count). The maximum Gasteiger partial charge on any atom is 0.251 e. The molecule has 0 bridgehead atoms. The first-order valence-electron chi connectivity index (χ1n) is 9.46. The molecule has 0 spiro atoms. The van der Waals surface area contributed by atoms with Crippen LogP contribution in [0, 0.1) is 0 Å². The van der Waals surface area contributed by atoms with Crippen LogP contribution in [0.1, 0.15) is 33.9 Å². The number of hydrogen-bond donors (Lipinski definition) is 2. The minimum absolute atomic E-state index is 0.136. The second-order valence-electron chi connectivity index (χ2n) is 6.63. The zero-order valence-corrected chi connectivity index (χ0v) is 16.3. The van der Waals surface area contributed by atoms with Crippen LogP contribution >= 0.6 is 0 Å². The monoisotopic (exact) mass is 388 g/mol. The van der Waals surface area contributed by atoms with Crippen LogP contribution in [0.2, 0.25) is 0 Å². The Morgan fingerprint density at radius 1 is 0.862 bits per heavy atom. The molecule has 0 aliphatic rings. The van der Waals surface area contributed by atoms with E-state index in [-0.39, 0.29) is 18.2 Å². The van der Waals surface area contributed by atoms with Crippen LogP contribution in [0.25, 0.3) is 0 Å². The molecule has 0 radical (unpaired) electrons. The van der Waals surface area contributed by atoms with Crippen LogP contribution in [0.5, 0.6) is 5.75 Å². The second kappa shape index (κ2) is 10.1. The third-order valence-corrected chi connectivity index (χ3v) is 4.58. The molecular weight excluding hydrogens is 364 g/mol. The van der Waals surface area contributed by atoms with Gasteiger partial charge < -0.3 is 15.4 Å².